The number of aliphatic hydroxyl groups is 1. The van der Waals surface area contributed by atoms with Crippen molar-refractivity contribution in [1.29, 1.82) is 0 Å². The minimum absolute atomic E-state index is 0.167. The van der Waals surface area contributed by atoms with Gasteiger partial charge in [-0.3, -0.25) is 4.79 Å². The van der Waals surface area contributed by atoms with Gasteiger partial charge in [0.05, 0.1) is 5.41 Å². The summed E-state index contributed by atoms with van der Waals surface area (Å²) in [5, 5.41) is 10.3. The van der Waals surface area contributed by atoms with Gasteiger partial charge < -0.3 is 10.8 Å². The molecule has 3 atom stereocenters. The Bertz CT molecular complexity index is 504. The zero-order chi connectivity index (χ0) is 12.3. The van der Waals surface area contributed by atoms with Gasteiger partial charge in [0, 0.05) is 10.6 Å². The number of hydrogen-bond acceptors (Lipinski definition) is 3. The number of nitrogens with two attached hydrogens (primary N) is 1. The number of benzene rings is 1. The van der Waals surface area contributed by atoms with E-state index in [-0.39, 0.29) is 5.78 Å². The van der Waals surface area contributed by atoms with E-state index in [1.165, 1.54) is 0 Å². The molecule has 2 aliphatic carbocycles. The summed E-state index contributed by atoms with van der Waals surface area (Å²) in [6.45, 7) is 0. The second kappa shape index (κ2) is 3.31. The predicted octanol–water partition coefficient (Wildman–Crippen LogP) is 1.40. The van der Waals surface area contributed by atoms with Crippen LogP contribution in [0.2, 0.25) is 5.02 Å². The first-order valence-electron chi connectivity index (χ1n) is 5.77. The maximum Gasteiger partial charge on any atom is 0.173 e. The lowest BCUT2D eigenvalue weighted by Gasteiger charge is -2.52. The molecule has 2 aliphatic rings. The van der Waals surface area contributed by atoms with E-state index in [0.717, 1.165) is 12.0 Å². The Balaban J connectivity index is 2.19. The topological polar surface area (TPSA) is 63.3 Å². The van der Waals surface area contributed by atoms with E-state index in [2.05, 4.69) is 0 Å². The maximum atomic E-state index is 12.3. The van der Waals surface area contributed by atoms with E-state index in [1.807, 2.05) is 18.2 Å². The molecule has 0 amide bonds. The lowest BCUT2D eigenvalue weighted by Crippen LogP contribution is -2.65. The van der Waals surface area contributed by atoms with Gasteiger partial charge in [-0.05, 0) is 30.9 Å². The smallest absolute Gasteiger partial charge is 0.173 e. The van der Waals surface area contributed by atoms with E-state index in [1.54, 1.807) is 6.07 Å². The maximum absolute atomic E-state index is 12.3. The molecule has 3 N–H and O–H groups in total. The summed E-state index contributed by atoms with van der Waals surface area (Å²) < 4.78 is 0. The Morgan fingerprint density at radius 2 is 2.06 bits per heavy atom. The molecule has 3 unspecified atom stereocenters. The lowest BCUT2D eigenvalue weighted by molar-refractivity contribution is -0.132. The normalized spacial score (nSPS) is 39.9. The van der Waals surface area contributed by atoms with Crippen molar-refractivity contribution in [2.75, 3.05) is 0 Å². The van der Waals surface area contributed by atoms with Gasteiger partial charge in [0.25, 0.3) is 0 Å². The average molecular weight is 252 g/mol. The summed E-state index contributed by atoms with van der Waals surface area (Å²) in [4.78, 5) is 12.3. The number of halogens is 1. The highest BCUT2D eigenvalue weighted by Crippen LogP contribution is 2.59. The third kappa shape index (κ3) is 1.17. The van der Waals surface area contributed by atoms with Crippen LogP contribution in [0, 0.1) is 0 Å². The molecule has 0 heterocycles. The fraction of sp³-hybridized carbons (Fsp3) is 0.462. The Morgan fingerprint density at radius 1 is 1.35 bits per heavy atom. The van der Waals surface area contributed by atoms with Gasteiger partial charge in [-0.15, -0.1) is 0 Å². The van der Waals surface area contributed by atoms with Gasteiger partial charge in [0.2, 0.25) is 0 Å². The van der Waals surface area contributed by atoms with Gasteiger partial charge >= 0.3 is 0 Å². The van der Waals surface area contributed by atoms with Crippen LogP contribution in [0.25, 0.3) is 0 Å². The van der Waals surface area contributed by atoms with Crippen molar-refractivity contribution in [1.82, 2.24) is 0 Å². The largest absolute Gasteiger partial charge is 0.385 e. The van der Waals surface area contributed by atoms with Crippen molar-refractivity contribution in [2.24, 2.45) is 5.73 Å². The molecule has 1 aromatic rings. The second-order valence-corrected chi connectivity index (χ2v) is 5.53. The molecule has 0 saturated heterocycles. The average Bonchev–Trinajstić information content (AvgIpc) is 2.41. The van der Waals surface area contributed by atoms with E-state index in [4.69, 9.17) is 17.3 Å². The fourth-order valence-electron chi connectivity index (χ4n) is 3.41. The summed E-state index contributed by atoms with van der Waals surface area (Å²) in [6, 6.07) is 7.29. The van der Waals surface area contributed by atoms with Crippen molar-refractivity contribution in [3.63, 3.8) is 0 Å². The van der Waals surface area contributed by atoms with E-state index in [9.17, 15) is 9.90 Å². The van der Waals surface area contributed by atoms with Crippen LogP contribution in [0.5, 0.6) is 0 Å². The van der Waals surface area contributed by atoms with E-state index < -0.39 is 17.1 Å². The molecule has 0 aliphatic heterocycles. The Morgan fingerprint density at radius 3 is 2.59 bits per heavy atom. The van der Waals surface area contributed by atoms with Crippen molar-refractivity contribution >= 4 is 17.4 Å². The van der Waals surface area contributed by atoms with Crippen molar-refractivity contribution in [3.05, 3.63) is 34.9 Å². The van der Waals surface area contributed by atoms with Crippen LogP contribution < -0.4 is 5.73 Å². The predicted molar refractivity (Wildman–Crippen MR) is 64.9 cm³/mol. The molecule has 3 rings (SSSR count). The summed E-state index contributed by atoms with van der Waals surface area (Å²) in [6.07, 6.45) is 0.847. The van der Waals surface area contributed by atoms with Gasteiger partial charge in [-0.2, -0.15) is 0 Å². The number of fused-ring (bicyclic) bond motifs is 1. The molecule has 1 aromatic carbocycles. The van der Waals surface area contributed by atoms with Crippen LogP contribution in [0.15, 0.2) is 24.3 Å². The van der Waals surface area contributed by atoms with E-state index >= 15 is 0 Å². The van der Waals surface area contributed by atoms with Crippen LogP contribution in [-0.4, -0.2) is 22.5 Å². The molecule has 2 saturated carbocycles. The first kappa shape index (κ1) is 11.2. The number of carbonyl (C=O) groups is 1. The van der Waals surface area contributed by atoms with Crippen LogP contribution in [0.3, 0.4) is 0 Å². The first-order chi connectivity index (χ1) is 8.01. The van der Waals surface area contributed by atoms with Gasteiger partial charge in [0.15, 0.2) is 5.78 Å². The van der Waals surface area contributed by atoms with Crippen LogP contribution in [0.1, 0.15) is 24.8 Å². The molecule has 4 heteroatoms. The van der Waals surface area contributed by atoms with Gasteiger partial charge in [-0.1, -0.05) is 29.8 Å². The highest BCUT2D eigenvalue weighted by atomic mass is 35.5. The minimum atomic E-state index is -0.946. The van der Waals surface area contributed by atoms with Crippen molar-refractivity contribution < 1.29 is 9.90 Å². The number of Topliss-reactive ketones (excluding diaryl/α,β-unsaturated/α-hetero) is 1. The molecule has 0 spiro atoms. The molecular formula is C13H14ClNO2. The fourth-order valence-corrected chi connectivity index (χ4v) is 3.70. The van der Waals surface area contributed by atoms with Crippen LogP contribution in [0.4, 0.5) is 0 Å². The quantitative estimate of drug-likeness (QED) is 0.793. The molecular weight excluding hydrogens is 238 g/mol. The summed E-state index contributed by atoms with van der Waals surface area (Å²) in [5.41, 5.74) is 5.68. The molecule has 0 bridgehead atoms. The van der Waals surface area contributed by atoms with Crippen LogP contribution in [-0.2, 0) is 10.2 Å². The van der Waals surface area contributed by atoms with Crippen LogP contribution >= 0.6 is 11.6 Å². The molecule has 17 heavy (non-hydrogen) atoms. The summed E-state index contributed by atoms with van der Waals surface area (Å²) in [7, 11) is 0. The highest BCUT2D eigenvalue weighted by molar-refractivity contribution is 6.32. The first-order valence-corrected chi connectivity index (χ1v) is 6.15. The molecule has 0 aromatic heterocycles. The highest BCUT2D eigenvalue weighted by Gasteiger charge is 2.69. The summed E-state index contributed by atoms with van der Waals surface area (Å²) in [5.74, 6) is -0.167. The molecule has 3 nitrogen and oxygen atoms in total. The monoisotopic (exact) mass is 251 g/mol. The number of aliphatic hydroxyl groups excluding tert-OH is 1. The number of ketones is 1. The number of hydrogen-bond donors (Lipinski definition) is 2. The Hall–Kier alpha value is -0.900. The van der Waals surface area contributed by atoms with E-state index in [0.29, 0.717) is 17.9 Å². The van der Waals surface area contributed by atoms with Gasteiger partial charge in [-0.25, -0.2) is 0 Å². The Labute approximate surface area is 105 Å². The third-order valence-corrected chi connectivity index (χ3v) is 4.74. The Kier molecular flexibility index (Phi) is 2.18. The minimum Gasteiger partial charge on any atom is -0.385 e. The van der Waals surface area contributed by atoms with Gasteiger partial charge in [0.1, 0.15) is 6.10 Å². The molecule has 90 valence electrons. The number of rotatable bonds is 1. The standard InChI is InChI=1S/C13H14ClNO2/c14-9-4-2-1-3-8(9)13-6-5-12(13,15)7-10(16)11(13)17/h1-4,10,16H,5-7,15H2. The zero-order valence-electron chi connectivity index (χ0n) is 9.32. The van der Waals surface area contributed by atoms with Crippen molar-refractivity contribution in [2.45, 2.75) is 36.3 Å². The lowest BCUT2D eigenvalue weighted by atomic mass is 9.53. The molecule has 0 radical (unpaired) electrons. The number of carbonyl (C=O) groups excluding carboxylic acids is 1. The summed E-state index contributed by atoms with van der Waals surface area (Å²) >= 11 is 6.18. The zero-order valence-corrected chi connectivity index (χ0v) is 10.1. The third-order valence-electron chi connectivity index (χ3n) is 4.41. The van der Waals surface area contributed by atoms with Crippen molar-refractivity contribution in [3.8, 4) is 0 Å². The molecule has 2 fully saturated rings. The second-order valence-electron chi connectivity index (χ2n) is 5.13. The SMILES string of the molecule is NC12CCC1(c1ccccc1Cl)C(=O)C(O)C2.